The quantitative estimate of drug-likeness (QED) is 0.790. The molecule has 2 N–H and O–H groups in total. The Morgan fingerprint density at radius 3 is 2.71 bits per heavy atom. The highest BCUT2D eigenvalue weighted by molar-refractivity contribution is 5.06. The minimum atomic E-state index is -0.0365. The molecule has 0 aromatic carbocycles. The molecule has 1 heterocycles. The van der Waals surface area contributed by atoms with Gasteiger partial charge >= 0.3 is 0 Å². The van der Waals surface area contributed by atoms with Gasteiger partial charge in [0.25, 0.3) is 5.56 Å². The van der Waals surface area contributed by atoms with Crippen LogP contribution in [0.3, 0.4) is 0 Å². The van der Waals surface area contributed by atoms with E-state index in [0.29, 0.717) is 19.1 Å². The van der Waals surface area contributed by atoms with E-state index in [9.17, 15) is 4.79 Å². The van der Waals surface area contributed by atoms with Crippen LogP contribution in [0, 0.1) is 0 Å². The third-order valence-electron chi connectivity index (χ3n) is 4.09. The molecule has 0 amide bonds. The van der Waals surface area contributed by atoms with Gasteiger partial charge in [0, 0.05) is 32.2 Å². The lowest BCUT2D eigenvalue weighted by molar-refractivity contribution is 0.199. The average Bonchev–Trinajstić information content (AvgIpc) is 2.43. The van der Waals surface area contributed by atoms with Crippen LogP contribution in [0.5, 0.6) is 0 Å². The maximum absolute atomic E-state index is 11.8. The number of rotatable bonds is 6. The summed E-state index contributed by atoms with van der Waals surface area (Å²) in [5.74, 6) is 1.30. The molecule has 0 unspecified atom stereocenters. The van der Waals surface area contributed by atoms with Gasteiger partial charge in [-0.25, -0.2) is 4.98 Å². The van der Waals surface area contributed by atoms with E-state index in [0.717, 1.165) is 30.9 Å². The lowest BCUT2D eigenvalue weighted by atomic mass is 9.90. The molecule has 1 aromatic rings. The largest absolute Gasteiger partial charge is 0.383 e. The van der Waals surface area contributed by atoms with Gasteiger partial charge in [-0.15, -0.1) is 0 Å². The van der Waals surface area contributed by atoms with E-state index in [-0.39, 0.29) is 5.56 Å². The Morgan fingerprint density at radius 2 is 2.00 bits per heavy atom. The van der Waals surface area contributed by atoms with Crippen LogP contribution in [0.25, 0.3) is 0 Å². The van der Waals surface area contributed by atoms with Crippen LogP contribution in [-0.4, -0.2) is 30.2 Å². The minimum absolute atomic E-state index is 0.0365. The van der Waals surface area contributed by atoms with Gasteiger partial charge in [-0.2, -0.15) is 0 Å². The molecule has 0 atom stereocenters. The molecule has 1 saturated carbocycles. The zero-order chi connectivity index (χ0) is 14.9. The van der Waals surface area contributed by atoms with E-state index in [1.54, 1.807) is 13.2 Å². The molecule has 118 valence electrons. The number of nitrogens with zero attached hydrogens (tertiary/aromatic N) is 1. The summed E-state index contributed by atoms with van der Waals surface area (Å²) in [5, 5.41) is 3.24. The number of H-pyrrole nitrogens is 1. The first-order valence-corrected chi connectivity index (χ1v) is 8.09. The van der Waals surface area contributed by atoms with Gasteiger partial charge < -0.3 is 15.0 Å². The molecule has 0 spiro atoms. The predicted molar refractivity (Wildman–Crippen MR) is 83.5 cm³/mol. The Kier molecular flexibility index (Phi) is 6.89. The molecule has 1 fully saturated rings. The fourth-order valence-electron chi connectivity index (χ4n) is 2.93. The van der Waals surface area contributed by atoms with Crippen molar-refractivity contribution in [3.63, 3.8) is 0 Å². The fraction of sp³-hybridized carbons (Fsp3) is 0.750. The van der Waals surface area contributed by atoms with E-state index in [4.69, 9.17) is 4.74 Å². The van der Waals surface area contributed by atoms with Crippen molar-refractivity contribution in [1.82, 2.24) is 15.3 Å². The van der Waals surface area contributed by atoms with Gasteiger partial charge in [-0.3, -0.25) is 4.79 Å². The van der Waals surface area contributed by atoms with Gasteiger partial charge in [0.05, 0.1) is 12.3 Å². The first kappa shape index (κ1) is 16.2. The second kappa shape index (κ2) is 8.95. The summed E-state index contributed by atoms with van der Waals surface area (Å²) < 4.78 is 5.00. The zero-order valence-electron chi connectivity index (χ0n) is 13.0. The molecule has 1 aliphatic rings. The SMILES string of the molecule is COCCNCc1cc(=O)[nH]c(C2CCCCCCC2)n1. The van der Waals surface area contributed by atoms with E-state index in [2.05, 4.69) is 15.3 Å². The lowest BCUT2D eigenvalue weighted by Crippen LogP contribution is -2.23. The predicted octanol–water partition coefficient (Wildman–Crippen LogP) is 2.33. The highest BCUT2D eigenvalue weighted by Crippen LogP contribution is 2.28. The van der Waals surface area contributed by atoms with Gasteiger partial charge in [0.15, 0.2) is 0 Å². The van der Waals surface area contributed by atoms with Crippen molar-refractivity contribution in [2.45, 2.75) is 57.4 Å². The van der Waals surface area contributed by atoms with Crippen molar-refractivity contribution >= 4 is 0 Å². The maximum atomic E-state index is 11.8. The second-order valence-electron chi connectivity index (χ2n) is 5.83. The molecular weight excluding hydrogens is 266 g/mol. The monoisotopic (exact) mass is 293 g/mol. The summed E-state index contributed by atoms with van der Waals surface area (Å²) in [7, 11) is 1.68. The first-order chi connectivity index (χ1) is 10.3. The number of hydrogen-bond acceptors (Lipinski definition) is 4. The Labute approximate surface area is 126 Å². The standard InChI is InChI=1S/C16H27N3O2/c1-21-10-9-17-12-14-11-15(20)19-16(18-14)13-7-5-3-2-4-6-8-13/h11,13,17H,2-10,12H2,1H3,(H,18,19,20). The average molecular weight is 293 g/mol. The minimum Gasteiger partial charge on any atom is -0.383 e. The number of aromatic nitrogens is 2. The van der Waals surface area contributed by atoms with E-state index < -0.39 is 0 Å². The van der Waals surface area contributed by atoms with Crippen molar-refractivity contribution in [2.24, 2.45) is 0 Å². The Balaban J connectivity index is 2.00. The smallest absolute Gasteiger partial charge is 0.251 e. The molecule has 2 rings (SSSR count). The molecule has 5 nitrogen and oxygen atoms in total. The molecule has 21 heavy (non-hydrogen) atoms. The number of aromatic amines is 1. The molecule has 0 saturated heterocycles. The normalized spacial score (nSPS) is 17.4. The summed E-state index contributed by atoms with van der Waals surface area (Å²) in [5.41, 5.74) is 0.789. The van der Waals surface area contributed by atoms with E-state index in [1.165, 1.54) is 32.1 Å². The van der Waals surface area contributed by atoms with Gasteiger partial charge in [0.1, 0.15) is 5.82 Å². The molecule has 0 radical (unpaired) electrons. The molecular formula is C16H27N3O2. The van der Waals surface area contributed by atoms with Crippen LogP contribution in [0.2, 0.25) is 0 Å². The lowest BCUT2D eigenvalue weighted by Gasteiger charge is -2.19. The first-order valence-electron chi connectivity index (χ1n) is 8.09. The molecule has 1 aliphatic carbocycles. The Hall–Kier alpha value is -1.20. The van der Waals surface area contributed by atoms with Crippen molar-refractivity contribution in [3.8, 4) is 0 Å². The summed E-state index contributed by atoms with van der Waals surface area (Å²) in [6.07, 6.45) is 8.72. The molecule has 0 bridgehead atoms. The van der Waals surface area contributed by atoms with Crippen molar-refractivity contribution in [3.05, 3.63) is 27.9 Å². The Bertz CT molecular complexity index is 465. The highest BCUT2D eigenvalue weighted by atomic mass is 16.5. The molecule has 1 aromatic heterocycles. The van der Waals surface area contributed by atoms with Crippen LogP contribution in [0.1, 0.15) is 62.4 Å². The van der Waals surface area contributed by atoms with Gasteiger partial charge in [-0.05, 0) is 12.8 Å². The van der Waals surface area contributed by atoms with Crippen LogP contribution >= 0.6 is 0 Å². The summed E-state index contributed by atoms with van der Waals surface area (Å²) in [6.45, 7) is 2.05. The van der Waals surface area contributed by atoms with Crippen molar-refractivity contribution < 1.29 is 4.74 Å². The fourth-order valence-corrected chi connectivity index (χ4v) is 2.93. The number of nitrogens with one attached hydrogen (secondary N) is 2. The third-order valence-corrected chi connectivity index (χ3v) is 4.09. The second-order valence-corrected chi connectivity index (χ2v) is 5.83. The van der Waals surface area contributed by atoms with Gasteiger partial charge in [0.2, 0.25) is 0 Å². The highest BCUT2D eigenvalue weighted by Gasteiger charge is 2.16. The molecule has 5 heteroatoms. The molecule has 0 aliphatic heterocycles. The van der Waals surface area contributed by atoms with Crippen LogP contribution in [-0.2, 0) is 11.3 Å². The van der Waals surface area contributed by atoms with Gasteiger partial charge in [-0.1, -0.05) is 32.1 Å². The zero-order valence-corrected chi connectivity index (χ0v) is 13.0. The van der Waals surface area contributed by atoms with E-state index in [1.807, 2.05) is 0 Å². The van der Waals surface area contributed by atoms with Crippen molar-refractivity contribution in [2.75, 3.05) is 20.3 Å². The topological polar surface area (TPSA) is 67.0 Å². The van der Waals surface area contributed by atoms with E-state index >= 15 is 0 Å². The Morgan fingerprint density at radius 1 is 1.29 bits per heavy atom. The maximum Gasteiger partial charge on any atom is 0.251 e. The number of hydrogen-bond donors (Lipinski definition) is 2. The number of ether oxygens (including phenoxy) is 1. The number of methoxy groups -OCH3 is 1. The summed E-state index contributed by atoms with van der Waals surface area (Å²) >= 11 is 0. The van der Waals surface area contributed by atoms with Crippen LogP contribution in [0.15, 0.2) is 10.9 Å². The van der Waals surface area contributed by atoms with Crippen LogP contribution < -0.4 is 10.9 Å². The summed E-state index contributed by atoms with van der Waals surface area (Å²) in [4.78, 5) is 19.5. The summed E-state index contributed by atoms with van der Waals surface area (Å²) in [6, 6.07) is 1.59. The van der Waals surface area contributed by atoms with Crippen LogP contribution in [0.4, 0.5) is 0 Å². The third kappa shape index (κ3) is 5.59. The van der Waals surface area contributed by atoms with Crippen molar-refractivity contribution in [1.29, 1.82) is 0 Å².